The zero-order valence-electron chi connectivity index (χ0n) is 12.1. The summed E-state index contributed by atoms with van der Waals surface area (Å²) in [6, 6.07) is 0.779. The first kappa shape index (κ1) is 14.3. The predicted molar refractivity (Wildman–Crippen MR) is 77.7 cm³/mol. The monoisotopic (exact) mass is 253 g/mol. The van der Waals surface area contributed by atoms with Gasteiger partial charge in [-0.3, -0.25) is 4.90 Å². The van der Waals surface area contributed by atoms with Gasteiger partial charge in [-0.1, -0.05) is 26.2 Å². The van der Waals surface area contributed by atoms with Gasteiger partial charge < -0.3 is 10.6 Å². The van der Waals surface area contributed by atoms with Gasteiger partial charge in [-0.15, -0.1) is 0 Å². The van der Waals surface area contributed by atoms with Crippen molar-refractivity contribution in [2.75, 3.05) is 39.3 Å². The van der Waals surface area contributed by atoms with Crippen molar-refractivity contribution < 1.29 is 0 Å². The van der Waals surface area contributed by atoms with Crippen molar-refractivity contribution >= 4 is 0 Å². The van der Waals surface area contributed by atoms with Crippen LogP contribution in [0, 0.1) is 5.92 Å². The van der Waals surface area contributed by atoms with Crippen molar-refractivity contribution in [3.63, 3.8) is 0 Å². The van der Waals surface area contributed by atoms with Gasteiger partial charge in [0.2, 0.25) is 0 Å². The second-order valence-electron chi connectivity index (χ2n) is 6.08. The molecule has 2 atom stereocenters. The van der Waals surface area contributed by atoms with E-state index in [9.17, 15) is 0 Å². The van der Waals surface area contributed by atoms with E-state index in [4.69, 9.17) is 5.73 Å². The summed E-state index contributed by atoms with van der Waals surface area (Å²) in [5.74, 6) is 0.755. The SMILES string of the molecule is CCCN1CCN(C2CCCCCC2CN)CC1. The minimum Gasteiger partial charge on any atom is -0.330 e. The van der Waals surface area contributed by atoms with E-state index >= 15 is 0 Å². The molecule has 2 unspecified atom stereocenters. The molecule has 1 saturated carbocycles. The highest BCUT2D eigenvalue weighted by Crippen LogP contribution is 2.27. The molecule has 2 aliphatic rings. The van der Waals surface area contributed by atoms with Crippen LogP contribution < -0.4 is 5.73 Å². The molecule has 1 aliphatic heterocycles. The van der Waals surface area contributed by atoms with Crippen LogP contribution >= 0.6 is 0 Å². The summed E-state index contributed by atoms with van der Waals surface area (Å²) in [6.07, 6.45) is 8.26. The Bertz CT molecular complexity index is 224. The minimum absolute atomic E-state index is 0.755. The van der Waals surface area contributed by atoms with Gasteiger partial charge in [0.25, 0.3) is 0 Å². The molecule has 3 nitrogen and oxygen atoms in total. The number of rotatable bonds is 4. The summed E-state index contributed by atoms with van der Waals surface area (Å²) in [7, 11) is 0. The van der Waals surface area contributed by atoms with Gasteiger partial charge in [-0.05, 0) is 38.3 Å². The molecule has 18 heavy (non-hydrogen) atoms. The number of piperazine rings is 1. The largest absolute Gasteiger partial charge is 0.330 e. The molecular weight excluding hydrogens is 222 g/mol. The number of hydrogen-bond acceptors (Lipinski definition) is 3. The second-order valence-corrected chi connectivity index (χ2v) is 6.08. The Labute approximate surface area is 113 Å². The van der Waals surface area contributed by atoms with Crippen LogP contribution in [0.3, 0.4) is 0 Å². The number of hydrogen-bond donors (Lipinski definition) is 1. The molecule has 1 aliphatic carbocycles. The van der Waals surface area contributed by atoms with E-state index < -0.39 is 0 Å². The fraction of sp³-hybridized carbons (Fsp3) is 1.00. The van der Waals surface area contributed by atoms with Gasteiger partial charge in [0.15, 0.2) is 0 Å². The zero-order valence-corrected chi connectivity index (χ0v) is 12.1. The summed E-state index contributed by atoms with van der Waals surface area (Å²) in [6.45, 7) is 9.51. The Hall–Kier alpha value is -0.120. The Morgan fingerprint density at radius 1 is 1.00 bits per heavy atom. The van der Waals surface area contributed by atoms with E-state index in [1.54, 1.807) is 0 Å². The average molecular weight is 253 g/mol. The van der Waals surface area contributed by atoms with Gasteiger partial charge in [0, 0.05) is 32.2 Å². The van der Waals surface area contributed by atoms with E-state index in [1.807, 2.05) is 0 Å². The molecule has 3 heteroatoms. The maximum absolute atomic E-state index is 6.01. The van der Waals surface area contributed by atoms with E-state index in [0.29, 0.717) is 0 Å². The second kappa shape index (κ2) is 7.46. The van der Waals surface area contributed by atoms with Crippen molar-refractivity contribution in [3.05, 3.63) is 0 Å². The highest BCUT2D eigenvalue weighted by Gasteiger charge is 2.29. The van der Waals surface area contributed by atoms with Crippen LogP contribution in [0.5, 0.6) is 0 Å². The molecule has 106 valence electrons. The molecular formula is C15H31N3. The van der Waals surface area contributed by atoms with Gasteiger partial charge in [-0.25, -0.2) is 0 Å². The first-order valence-corrected chi connectivity index (χ1v) is 8.01. The first-order chi connectivity index (χ1) is 8.85. The molecule has 0 aromatic rings. The topological polar surface area (TPSA) is 32.5 Å². The molecule has 0 spiro atoms. The highest BCUT2D eigenvalue weighted by atomic mass is 15.3. The zero-order chi connectivity index (χ0) is 12.8. The minimum atomic E-state index is 0.755. The van der Waals surface area contributed by atoms with Crippen LogP contribution in [0.15, 0.2) is 0 Å². The van der Waals surface area contributed by atoms with Crippen LogP contribution in [0.2, 0.25) is 0 Å². The van der Waals surface area contributed by atoms with Crippen LogP contribution in [0.25, 0.3) is 0 Å². The molecule has 1 heterocycles. The van der Waals surface area contributed by atoms with Crippen molar-refractivity contribution in [2.45, 2.75) is 51.5 Å². The first-order valence-electron chi connectivity index (χ1n) is 8.01. The van der Waals surface area contributed by atoms with Gasteiger partial charge >= 0.3 is 0 Å². The lowest BCUT2D eigenvalue weighted by molar-refractivity contribution is 0.0671. The predicted octanol–water partition coefficient (Wildman–Crippen LogP) is 1.92. The van der Waals surface area contributed by atoms with Crippen molar-refractivity contribution in [1.29, 1.82) is 0 Å². The van der Waals surface area contributed by atoms with Crippen LogP contribution in [0.1, 0.15) is 45.4 Å². The standard InChI is InChI=1S/C15H31N3/c1-2-8-17-9-11-18(12-10-17)15-7-5-3-4-6-14(15)13-16/h14-15H,2-13,16H2,1H3. The summed E-state index contributed by atoms with van der Waals surface area (Å²) in [5, 5.41) is 0. The fourth-order valence-electron chi connectivity index (χ4n) is 3.76. The number of nitrogens with two attached hydrogens (primary N) is 1. The molecule has 0 aromatic heterocycles. The molecule has 0 radical (unpaired) electrons. The van der Waals surface area contributed by atoms with Crippen molar-refractivity contribution in [3.8, 4) is 0 Å². The molecule has 0 bridgehead atoms. The normalized spacial score (nSPS) is 32.3. The number of nitrogens with zero attached hydrogens (tertiary/aromatic N) is 2. The third-order valence-electron chi connectivity index (χ3n) is 4.84. The fourth-order valence-corrected chi connectivity index (χ4v) is 3.76. The lowest BCUT2D eigenvalue weighted by Crippen LogP contribution is -2.53. The van der Waals surface area contributed by atoms with Crippen molar-refractivity contribution in [1.82, 2.24) is 9.80 Å². The molecule has 0 aromatic carbocycles. The Kier molecular flexibility index (Phi) is 5.93. The Morgan fingerprint density at radius 3 is 2.39 bits per heavy atom. The summed E-state index contributed by atoms with van der Waals surface area (Å²) in [5.41, 5.74) is 6.01. The maximum atomic E-state index is 6.01. The van der Waals surface area contributed by atoms with Crippen LogP contribution in [-0.2, 0) is 0 Å². The van der Waals surface area contributed by atoms with E-state index in [1.165, 1.54) is 71.2 Å². The summed E-state index contributed by atoms with van der Waals surface area (Å²) in [4.78, 5) is 5.36. The molecule has 2 N–H and O–H groups in total. The Morgan fingerprint density at radius 2 is 1.72 bits per heavy atom. The average Bonchev–Trinajstić information content (AvgIpc) is 2.65. The third-order valence-corrected chi connectivity index (χ3v) is 4.84. The third kappa shape index (κ3) is 3.69. The molecule has 2 rings (SSSR count). The van der Waals surface area contributed by atoms with Gasteiger partial charge in [0.1, 0.15) is 0 Å². The van der Waals surface area contributed by atoms with E-state index in [2.05, 4.69) is 16.7 Å². The lowest BCUT2D eigenvalue weighted by Gasteiger charge is -2.41. The maximum Gasteiger partial charge on any atom is 0.0137 e. The van der Waals surface area contributed by atoms with Crippen molar-refractivity contribution in [2.24, 2.45) is 11.7 Å². The summed E-state index contributed by atoms with van der Waals surface area (Å²) >= 11 is 0. The highest BCUT2D eigenvalue weighted by molar-refractivity contribution is 4.85. The lowest BCUT2D eigenvalue weighted by atomic mass is 9.93. The Balaban J connectivity index is 1.86. The van der Waals surface area contributed by atoms with Gasteiger partial charge in [0.05, 0.1) is 0 Å². The molecule has 1 saturated heterocycles. The van der Waals surface area contributed by atoms with Crippen LogP contribution in [-0.4, -0.2) is 55.1 Å². The summed E-state index contributed by atoms with van der Waals surface area (Å²) < 4.78 is 0. The van der Waals surface area contributed by atoms with Crippen LogP contribution in [0.4, 0.5) is 0 Å². The van der Waals surface area contributed by atoms with E-state index in [-0.39, 0.29) is 0 Å². The smallest absolute Gasteiger partial charge is 0.0137 e. The van der Waals surface area contributed by atoms with Gasteiger partial charge in [-0.2, -0.15) is 0 Å². The van der Waals surface area contributed by atoms with E-state index in [0.717, 1.165) is 18.5 Å². The quantitative estimate of drug-likeness (QED) is 0.777. The molecule has 2 fully saturated rings. The molecule has 0 amide bonds.